The van der Waals surface area contributed by atoms with Gasteiger partial charge in [0.2, 0.25) is 5.89 Å². The van der Waals surface area contributed by atoms with Crippen LogP contribution in [0.3, 0.4) is 0 Å². The Labute approximate surface area is 171 Å². The summed E-state index contributed by atoms with van der Waals surface area (Å²) in [6.07, 6.45) is 3.56. The van der Waals surface area contributed by atoms with Crippen molar-refractivity contribution in [2.24, 2.45) is 0 Å². The monoisotopic (exact) mass is 434 g/mol. The number of piperazine rings is 1. The largest absolute Gasteiger partial charge is 0.459 e. The number of aromatic nitrogens is 2. The van der Waals surface area contributed by atoms with Crippen molar-refractivity contribution in [3.63, 3.8) is 0 Å². The Morgan fingerprint density at radius 2 is 1.90 bits per heavy atom. The third-order valence-electron chi connectivity index (χ3n) is 5.01. The summed E-state index contributed by atoms with van der Waals surface area (Å²) in [7, 11) is -3.65. The Morgan fingerprint density at radius 1 is 1.10 bits per heavy atom. The van der Waals surface area contributed by atoms with Crippen LogP contribution < -0.4 is 0 Å². The molecule has 1 aliphatic carbocycles. The SMILES string of the molecule is O=C(c1ccco1)N1CCN(S(=O)(=O)c2ccc(-c3nnc(C4CC4)o3)s2)CC1. The van der Waals surface area contributed by atoms with Gasteiger partial charge in [-0.3, -0.25) is 4.79 Å². The van der Waals surface area contributed by atoms with Crippen molar-refractivity contribution in [3.8, 4) is 10.8 Å². The number of furan rings is 1. The van der Waals surface area contributed by atoms with Gasteiger partial charge in [0.05, 0.1) is 11.1 Å². The van der Waals surface area contributed by atoms with Crippen molar-refractivity contribution >= 4 is 27.3 Å². The van der Waals surface area contributed by atoms with Crippen LogP contribution in [-0.2, 0) is 10.0 Å². The summed E-state index contributed by atoms with van der Waals surface area (Å²) in [5.41, 5.74) is 0. The van der Waals surface area contributed by atoms with Gasteiger partial charge >= 0.3 is 0 Å². The van der Waals surface area contributed by atoms with Crippen molar-refractivity contribution in [2.75, 3.05) is 26.2 Å². The predicted molar refractivity (Wildman–Crippen MR) is 103 cm³/mol. The van der Waals surface area contributed by atoms with E-state index in [2.05, 4.69) is 10.2 Å². The minimum atomic E-state index is -3.65. The molecular formula is C18H18N4O5S2. The molecule has 29 heavy (non-hydrogen) atoms. The van der Waals surface area contributed by atoms with E-state index < -0.39 is 10.0 Å². The second-order valence-electron chi connectivity index (χ2n) is 7.01. The molecule has 0 spiro atoms. The van der Waals surface area contributed by atoms with E-state index in [1.165, 1.54) is 10.6 Å². The molecule has 0 N–H and O–H groups in total. The molecule has 1 saturated carbocycles. The van der Waals surface area contributed by atoms with E-state index >= 15 is 0 Å². The predicted octanol–water partition coefficient (Wildman–Crippen LogP) is 2.42. The Bertz CT molecular complexity index is 1120. The van der Waals surface area contributed by atoms with Crippen LogP contribution in [0.2, 0.25) is 0 Å². The van der Waals surface area contributed by atoms with Crippen LogP contribution in [0.1, 0.15) is 35.2 Å². The molecule has 0 unspecified atom stereocenters. The summed E-state index contributed by atoms with van der Waals surface area (Å²) in [5, 5.41) is 8.09. The van der Waals surface area contributed by atoms with Crippen molar-refractivity contribution in [1.29, 1.82) is 0 Å². The highest BCUT2D eigenvalue weighted by atomic mass is 32.2. The summed E-state index contributed by atoms with van der Waals surface area (Å²) < 4.78 is 38.4. The van der Waals surface area contributed by atoms with Gasteiger partial charge in [-0.25, -0.2) is 8.42 Å². The van der Waals surface area contributed by atoms with Gasteiger partial charge in [0.15, 0.2) is 5.76 Å². The number of carbonyl (C=O) groups excluding carboxylic acids is 1. The summed E-state index contributed by atoms with van der Waals surface area (Å²) in [6, 6.07) is 6.51. The van der Waals surface area contributed by atoms with Crippen LogP contribution in [0.4, 0.5) is 0 Å². The first-order valence-corrected chi connectivity index (χ1v) is 11.5. The molecule has 3 aromatic rings. The van der Waals surface area contributed by atoms with Crippen LogP contribution in [0, 0.1) is 0 Å². The molecule has 152 valence electrons. The lowest BCUT2D eigenvalue weighted by molar-refractivity contribution is 0.0666. The van der Waals surface area contributed by atoms with Gasteiger partial charge in [-0.05, 0) is 37.1 Å². The van der Waals surface area contributed by atoms with Crippen LogP contribution in [-0.4, -0.2) is 59.9 Å². The highest BCUT2D eigenvalue weighted by Gasteiger charge is 2.33. The molecular weight excluding hydrogens is 416 g/mol. The van der Waals surface area contributed by atoms with E-state index in [0.717, 1.165) is 24.2 Å². The van der Waals surface area contributed by atoms with Gasteiger partial charge in [0.25, 0.3) is 21.8 Å². The Kier molecular flexibility index (Phi) is 4.52. The number of rotatable bonds is 5. The van der Waals surface area contributed by atoms with Crippen LogP contribution in [0.5, 0.6) is 0 Å². The number of hydrogen-bond donors (Lipinski definition) is 0. The highest BCUT2D eigenvalue weighted by Crippen LogP contribution is 2.41. The van der Waals surface area contributed by atoms with Crippen LogP contribution in [0.15, 0.2) is 43.6 Å². The van der Waals surface area contributed by atoms with E-state index in [0.29, 0.717) is 35.7 Å². The average molecular weight is 434 g/mol. The number of carbonyl (C=O) groups is 1. The summed E-state index contributed by atoms with van der Waals surface area (Å²) >= 11 is 1.12. The number of sulfonamides is 1. The maximum atomic E-state index is 13.0. The van der Waals surface area contributed by atoms with E-state index in [4.69, 9.17) is 8.83 Å². The Balaban J connectivity index is 1.28. The topological polar surface area (TPSA) is 110 Å². The molecule has 1 aliphatic heterocycles. The van der Waals surface area contributed by atoms with Gasteiger partial charge in [0.1, 0.15) is 4.21 Å². The second kappa shape index (κ2) is 7.08. The number of thiophene rings is 1. The van der Waals surface area contributed by atoms with Gasteiger partial charge < -0.3 is 13.7 Å². The van der Waals surface area contributed by atoms with Crippen molar-refractivity contribution in [2.45, 2.75) is 23.0 Å². The van der Waals surface area contributed by atoms with Crippen LogP contribution >= 0.6 is 11.3 Å². The minimum absolute atomic E-state index is 0.226. The quantitative estimate of drug-likeness (QED) is 0.606. The molecule has 3 aromatic heterocycles. The fourth-order valence-electron chi connectivity index (χ4n) is 3.22. The molecule has 2 aliphatic rings. The first-order chi connectivity index (χ1) is 14.0. The molecule has 4 heterocycles. The standard InChI is InChI=1S/C18H18N4O5S2/c23-18(13-2-1-11-26-13)21-7-9-22(10-8-21)29(24,25)15-6-5-14(28-15)17-20-19-16(27-17)12-3-4-12/h1-2,5-6,11-12H,3-4,7-10H2. The molecule has 0 bridgehead atoms. The number of amides is 1. The lowest BCUT2D eigenvalue weighted by Crippen LogP contribution is -2.50. The molecule has 5 rings (SSSR count). The average Bonchev–Trinajstić information content (AvgIpc) is 3.17. The zero-order valence-corrected chi connectivity index (χ0v) is 17.0. The fourth-order valence-corrected chi connectivity index (χ4v) is 6.02. The number of nitrogens with zero attached hydrogens (tertiary/aromatic N) is 4. The Hall–Kier alpha value is -2.50. The molecule has 0 radical (unpaired) electrons. The van der Waals surface area contributed by atoms with Crippen molar-refractivity contribution in [1.82, 2.24) is 19.4 Å². The van der Waals surface area contributed by atoms with E-state index in [-0.39, 0.29) is 29.0 Å². The van der Waals surface area contributed by atoms with E-state index in [1.807, 2.05) is 0 Å². The summed E-state index contributed by atoms with van der Waals surface area (Å²) in [5.74, 6) is 1.35. The van der Waals surface area contributed by atoms with Crippen molar-refractivity contribution < 1.29 is 22.0 Å². The van der Waals surface area contributed by atoms with Gasteiger partial charge in [0, 0.05) is 32.1 Å². The lowest BCUT2D eigenvalue weighted by atomic mass is 10.3. The smallest absolute Gasteiger partial charge is 0.289 e. The third kappa shape index (κ3) is 3.49. The highest BCUT2D eigenvalue weighted by molar-refractivity contribution is 7.91. The first kappa shape index (κ1) is 18.5. The fraction of sp³-hybridized carbons (Fsp3) is 0.389. The van der Waals surface area contributed by atoms with Gasteiger partial charge in [-0.15, -0.1) is 21.5 Å². The molecule has 0 atom stereocenters. The Morgan fingerprint density at radius 3 is 2.59 bits per heavy atom. The maximum absolute atomic E-state index is 13.0. The molecule has 2 fully saturated rings. The minimum Gasteiger partial charge on any atom is -0.459 e. The summed E-state index contributed by atoms with van der Waals surface area (Å²) in [4.78, 5) is 14.6. The zero-order valence-electron chi connectivity index (χ0n) is 15.4. The zero-order chi connectivity index (χ0) is 20.0. The first-order valence-electron chi connectivity index (χ1n) is 9.29. The van der Waals surface area contributed by atoms with Gasteiger partial charge in [-0.1, -0.05) is 0 Å². The molecule has 0 aromatic carbocycles. The lowest BCUT2D eigenvalue weighted by Gasteiger charge is -2.33. The molecule has 11 heteroatoms. The second-order valence-corrected chi connectivity index (χ2v) is 10.3. The maximum Gasteiger partial charge on any atom is 0.289 e. The molecule has 9 nitrogen and oxygen atoms in total. The number of hydrogen-bond acceptors (Lipinski definition) is 8. The third-order valence-corrected chi connectivity index (χ3v) is 8.45. The summed E-state index contributed by atoms with van der Waals surface area (Å²) in [6.45, 7) is 1.08. The van der Waals surface area contributed by atoms with E-state index in [9.17, 15) is 13.2 Å². The van der Waals surface area contributed by atoms with Crippen LogP contribution in [0.25, 0.3) is 10.8 Å². The van der Waals surface area contributed by atoms with Gasteiger partial charge in [-0.2, -0.15) is 4.31 Å². The molecule has 1 amide bonds. The van der Waals surface area contributed by atoms with E-state index in [1.54, 1.807) is 29.2 Å². The molecule has 1 saturated heterocycles. The normalized spacial score (nSPS) is 18.3. The van der Waals surface area contributed by atoms with Crippen molar-refractivity contribution in [3.05, 3.63) is 42.2 Å².